The van der Waals surface area contributed by atoms with E-state index in [9.17, 15) is 14.7 Å². The van der Waals surface area contributed by atoms with Crippen molar-refractivity contribution in [3.05, 3.63) is 151 Å². The summed E-state index contributed by atoms with van der Waals surface area (Å²) in [6.45, 7) is 0.734. The van der Waals surface area contributed by atoms with E-state index < -0.39 is 17.1 Å². The number of ether oxygens (including phenoxy) is 2. The first-order valence-corrected chi connectivity index (χ1v) is 14.6. The molecule has 0 aliphatic carbocycles. The minimum absolute atomic E-state index is 0.136. The van der Waals surface area contributed by atoms with Gasteiger partial charge in [0.25, 0.3) is 5.56 Å². The van der Waals surface area contributed by atoms with Crippen molar-refractivity contribution in [3.63, 3.8) is 0 Å². The van der Waals surface area contributed by atoms with E-state index in [1.165, 1.54) is 7.11 Å². The number of hydrogen-bond acceptors (Lipinski definition) is 6. The number of aliphatic imine (C=N–C) groups is 1. The molecule has 6 aromatic rings. The maximum atomic E-state index is 13.2. The van der Waals surface area contributed by atoms with Gasteiger partial charge in [0.15, 0.2) is 0 Å². The van der Waals surface area contributed by atoms with Crippen LogP contribution in [0.3, 0.4) is 0 Å². The summed E-state index contributed by atoms with van der Waals surface area (Å²) in [5, 5.41) is 12.9. The number of fused-ring (bicyclic) bond motifs is 1. The molecule has 0 fully saturated rings. The highest BCUT2D eigenvalue weighted by atomic mass is 35.5. The lowest BCUT2D eigenvalue weighted by molar-refractivity contribution is 0.306. The molecular weight excluding hydrogens is 592 g/mol. The van der Waals surface area contributed by atoms with E-state index in [4.69, 9.17) is 26.1 Å². The van der Waals surface area contributed by atoms with Crippen LogP contribution >= 0.6 is 11.6 Å². The Kier molecular flexibility index (Phi) is 8.52. The summed E-state index contributed by atoms with van der Waals surface area (Å²) >= 11 is 6.15. The fourth-order valence-electron chi connectivity index (χ4n) is 5.11. The van der Waals surface area contributed by atoms with Crippen LogP contribution in [-0.4, -0.2) is 39.0 Å². The Balaban J connectivity index is 1.34. The van der Waals surface area contributed by atoms with Crippen molar-refractivity contribution in [2.45, 2.75) is 13.0 Å². The molecule has 0 bridgehead atoms. The number of methoxy groups -OCH3 is 1. The zero-order valence-electron chi connectivity index (χ0n) is 24.3. The highest BCUT2D eigenvalue weighted by molar-refractivity contribution is 6.30. The average molecular weight is 621 g/mol. The van der Waals surface area contributed by atoms with Crippen LogP contribution in [0.5, 0.6) is 17.4 Å². The van der Waals surface area contributed by atoms with Gasteiger partial charge < -0.3 is 19.6 Å². The number of nitrogens with one attached hydrogen (secondary N) is 2. The van der Waals surface area contributed by atoms with Crippen LogP contribution in [0.25, 0.3) is 16.6 Å². The van der Waals surface area contributed by atoms with Gasteiger partial charge in [0.1, 0.15) is 23.7 Å². The minimum atomic E-state index is -0.786. The second kappa shape index (κ2) is 13.0. The number of H-pyrrole nitrogens is 2. The van der Waals surface area contributed by atoms with Gasteiger partial charge in [-0.1, -0.05) is 54.1 Å². The Bertz CT molecular complexity index is 2100. The van der Waals surface area contributed by atoms with Gasteiger partial charge in [-0.25, -0.2) is 9.36 Å². The van der Waals surface area contributed by atoms with Crippen LogP contribution in [0.2, 0.25) is 5.02 Å². The molecule has 3 N–H and O–H groups in total. The highest BCUT2D eigenvalue weighted by Gasteiger charge is 2.22. The molecule has 226 valence electrons. The van der Waals surface area contributed by atoms with Crippen molar-refractivity contribution in [2.24, 2.45) is 4.99 Å². The maximum absolute atomic E-state index is 13.2. The van der Waals surface area contributed by atoms with E-state index in [-0.39, 0.29) is 17.8 Å². The average Bonchev–Trinajstić information content (AvgIpc) is 3.46. The first-order valence-electron chi connectivity index (χ1n) is 14.2. The molecule has 10 heteroatoms. The van der Waals surface area contributed by atoms with Crippen molar-refractivity contribution in [1.82, 2.24) is 14.5 Å². The van der Waals surface area contributed by atoms with E-state index in [1.54, 1.807) is 48.5 Å². The molecule has 45 heavy (non-hydrogen) atoms. The summed E-state index contributed by atoms with van der Waals surface area (Å²) in [6, 6.07) is 29.1. The van der Waals surface area contributed by atoms with Crippen molar-refractivity contribution in [1.29, 1.82) is 0 Å². The Hall–Kier alpha value is -5.54. The fraction of sp³-hybridized carbons (Fsp3) is 0.114. The second-order valence-corrected chi connectivity index (χ2v) is 10.7. The van der Waals surface area contributed by atoms with Crippen LogP contribution < -0.4 is 20.7 Å². The quantitative estimate of drug-likeness (QED) is 0.161. The summed E-state index contributed by atoms with van der Waals surface area (Å²) in [7, 11) is 1.53. The van der Waals surface area contributed by atoms with Crippen LogP contribution in [0.15, 0.2) is 118 Å². The third-order valence-electron chi connectivity index (χ3n) is 7.41. The van der Waals surface area contributed by atoms with Gasteiger partial charge in [0.05, 0.1) is 18.5 Å². The molecule has 4 aromatic carbocycles. The minimum Gasteiger partial charge on any atom is -0.497 e. The number of aromatic nitrogens is 3. The Morgan fingerprint density at radius 2 is 1.67 bits per heavy atom. The zero-order chi connectivity index (χ0) is 31.3. The maximum Gasteiger partial charge on any atom is 0.335 e. The first-order chi connectivity index (χ1) is 21.9. The normalized spacial score (nSPS) is 11.6. The van der Waals surface area contributed by atoms with Crippen LogP contribution in [-0.2, 0) is 13.0 Å². The molecule has 0 aliphatic heterocycles. The van der Waals surface area contributed by atoms with Gasteiger partial charge in [0, 0.05) is 34.2 Å². The molecule has 0 aliphatic rings. The monoisotopic (exact) mass is 620 g/mol. The molecular formula is C35H29ClN4O5. The van der Waals surface area contributed by atoms with E-state index in [1.807, 2.05) is 54.7 Å². The Labute approximate surface area is 263 Å². The van der Waals surface area contributed by atoms with Crippen molar-refractivity contribution in [3.8, 4) is 23.1 Å². The van der Waals surface area contributed by atoms with Gasteiger partial charge in [0.2, 0.25) is 5.88 Å². The summed E-state index contributed by atoms with van der Waals surface area (Å²) in [5.41, 5.74) is 2.48. The summed E-state index contributed by atoms with van der Waals surface area (Å²) in [6.07, 6.45) is 2.45. The predicted octanol–water partition coefficient (Wildman–Crippen LogP) is 6.03. The van der Waals surface area contributed by atoms with Gasteiger partial charge in [-0.3, -0.25) is 14.8 Å². The van der Waals surface area contributed by atoms with E-state index in [0.29, 0.717) is 35.1 Å². The Morgan fingerprint density at radius 1 is 0.933 bits per heavy atom. The number of hydrogen-bond donors (Lipinski definition) is 3. The van der Waals surface area contributed by atoms with Crippen molar-refractivity contribution in [2.75, 3.05) is 13.7 Å². The molecule has 0 amide bonds. The number of benzene rings is 4. The van der Waals surface area contributed by atoms with Crippen molar-refractivity contribution < 1.29 is 14.6 Å². The smallest absolute Gasteiger partial charge is 0.335 e. The molecule has 0 radical (unpaired) electrons. The van der Waals surface area contributed by atoms with Crippen LogP contribution in [0.1, 0.15) is 22.3 Å². The second-order valence-electron chi connectivity index (χ2n) is 10.3. The van der Waals surface area contributed by atoms with Gasteiger partial charge in [-0.15, -0.1) is 0 Å². The van der Waals surface area contributed by atoms with E-state index >= 15 is 0 Å². The molecule has 0 saturated carbocycles. The standard InChI is InChI=1S/C35H29ClN4O5/c1-44-27-13-11-26(12-14-27)40-34(42)31(33(41)39-35(40)43)32(23-7-9-25(36)10-8-23)37-18-17-24-20-38-30-16-15-28(19-29(24)30)45-21-22-5-3-2-4-6-22/h2-16,19-20,38,42H,17-18,21H2,1H3,(H,39,41,43). The third kappa shape index (κ3) is 6.39. The number of aromatic hydroxyl groups is 1. The van der Waals surface area contributed by atoms with Gasteiger partial charge in [-0.2, -0.15) is 0 Å². The number of rotatable bonds is 10. The summed E-state index contributed by atoms with van der Waals surface area (Å²) in [4.78, 5) is 36.5. The zero-order valence-corrected chi connectivity index (χ0v) is 25.0. The lowest BCUT2D eigenvalue weighted by Gasteiger charge is -2.14. The molecule has 0 saturated heterocycles. The molecule has 0 atom stereocenters. The van der Waals surface area contributed by atoms with Crippen LogP contribution in [0, 0.1) is 0 Å². The fourth-order valence-corrected chi connectivity index (χ4v) is 5.24. The molecule has 6 rings (SSSR count). The predicted molar refractivity (Wildman–Crippen MR) is 176 cm³/mol. The largest absolute Gasteiger partial charge is 0.497 e. The lowest BCUT2D eigenvalue weighted by Crippen LogP contribution is -2.33. The lowest BCUT2D eigenvalue weighted by atomic mass is 10.0. The number of aromatic amines is 2. The molecule has 2 aromatic heterocycles. The SMILES string of the molecule is COc1ccc(-n2c(O)c(C(=NCCc3c[nH]c4ccc(OCc5ccccc5)cc34)c3ccc(Cl)cc3)c(=O)[nH]c2=O)cc1. The molecule has 0 unspecified atom stereocenters. The molecule has 2 heterocycles. The van der Waals surface area contributed by atoms with Crippen molar-refractivity contribution >= 4 is 28.2 Å². The van der Waals surface area contributed by atoms with Crippen LogP contribution in [0.4, 0.5) is 0 Å². The Morgan fingerprint density at radius 3 is 2.40 bits per heavy atom. The number of halogens is 1. The first kappa shape index (κ1) is 29.5. The van der Waals surface area contributed by atoms with Gasteiger partial charge in [-0.05, 0) is 72.1 Å². The topological polar surface area (TPSA) is 122 Å². The molecule has 0 spiro atoms. The molecule has 9 nitrogen and oxygen atoms in total. The highest BCUT2D eigenvalue weighted by Crippen LogP contribution is 2.26. The van der Waals surface area contributed by atoms with E-state index in [2.05, 4.69) is 9.97 Å². The number of nitrogens with zero attached hydrogens (tertiary/aromatic N) is 2. The van der Waals surface area contributed by atoms with Gasteiger partial charge >= 0.3 is 5.69 Å². The van der Waals surface area contributed by atoms with E-state index in [0.717, 1.165) is 32.3 Å². The third-order valence-corrected chi connectivity index (χ3v) is 7.66. The summed E-state index contributed by atoms with van der Waals surface area (Å²) < 4.78 is 12.3. The summed E-state index contributed by atoms with van der Waals surface area (Å²) in [5.74, 6) is 0.788.